The average molecular weight is 363 g/mol. The minimum Gasteiger partial charge on any atom is -0.351 e. The number of pyridine rings is 1. The molecule has 3 rings (SSSR count). The van der Waals surface area contributed by atoms with Gasteiger partial charge in [0.05, 0.1) is 5.39 Å². The first-order valence-corrected chi connectivity index (χ1v) is 7.84. The Hall–Kier alpha value is -2.94. The summed E-state index contributed by atoms with van der Waals surface area (Å²) in [5.74, 6) is -0.254. The lowest BCUT2D eigenvalue weighted by Gasteiger charge is -2.08. The Morgan fingerprint density at radius 2 is 2.00 bits per heavy atom. The highest BCUT2D eigenvalue weighted by molar-refractivity contribution is 5.95. The zero-order valence-electron chi connectivity index (χ0n) is 13.8. The molecular formula is C17H16F3N5O. The molecule has 6 nitrogen and oxygen atoms in total. The van der Waals surface area contributed by atoms with E-state index >= 15 is 0 Å². The second-order valence-corrected chi connectivity index (χ2v) is 5.63. The van der Waals surface area contributed by atoms with Crippen molar-refractivity contribution in [1.29, 1.82) is 0 Å². The quantitative estimate of drug-likeness (QED) is 0.609. The van der Waals surface area contributed by atoms with Gasteiger partial charge in [-0.15, -0.1) is 0 Å². The molecule has 0 saturated carbocycles. The van der Waals surface area contributed by atoms with E-state index in [0.29, 0.717) is 29.8 Å². The van der Waals surface area contributed by atoms with Crippen molar-refractivity contribution in [2.45, 2.75) is 6.18 Å². The van der Waals surface area contributed by atoms with E-state index < -0.39 is 11.9 Å². The Kier molecular flexibility index (Phi) is 4.90. The molecule has 0 spiro atoms. The van der Waals surface area contributed by atoms with E-state index in [2.05, 4.69) is 20.7 Å². The maximum atomic E-state index is 13.0. The topological polar surface area (TPSA) is 82.7 Å². The van der Waals surface area contributed by atoms with Crippen molar-refractivity contribution >= 4 is 16.9 Å². The van der Waals surface area contributed by atoms with Crippen LogP contribution >= 0.6 is 0 Å². The molecule has 0 saturated heterocycles. The first kappa shape index (κ1) is 17.9. The Morgan fingerprint density at radius 3 is 2.73 bits per heavy atom. The number of likely N-dealkylation sites (N-methyl/N-ethyl adjacent to an activating group) is 1. The number of hydrogen-bond acceptors (Lipinski definition) is 4. The number of nitrogens with one attached hydrogen (secondary N) is 3. The van der Waals surface area contributed by atoms with Gasteiger partial charge in [-0.1, -0.05) is 12.1 Å². The highest BCUT2D eigenvalue weighted by Gasteiger charge is 2.35. The number of nitrogens with zero attached hydrogens (tertiary/aromatic N) is 2. The van der Waals surface area contributed by atoms with Gasteiger partial charge in [0.2, 0.25) is 0 Å². The standard InChI is InChI=1S/C17H16F3N5O/c1-21-5-6-22-16(26)11-4-2-3-10(7-11)12-8-13-14(17(18,19)20)24-25-15(13)23-9-12/h2-4,7-9,21H,5-6H2,1H3,(H,22,26)(H,23,24,25). The van der Waals surface area contributed by atoms with Crippen LogP contribution in [0.2, 0.25) is 0 Å². The van der Waals surface area contributed by atoms with E-state index in [4.69, 9.17) is 0 Å². The number of halogens is 3. The van der Waals surface area contributed by atoms with Crippen molar-refractivity contribution in [3.8, 4) is 11.1 Å². The summed E-state index contributed by atoms with van der Waals surface area (Å²) in [5.41, 5.74) is 0.524. The SMILES string of the molecule is CNCCNC(=O)c1cccc(-c2cnc3n[nH]c(C(F)(F)F)c3c2)c1. The Labute approximate surface area is 146 Å². The van der Waals surface area contributed by atoms with Crippen molar-refractivity contribution in [1.82, 2.24) is 25.8 Å². The number of fused-ring (bicyclic) bond motifs is 1. The Balaban J connectivity index is 1.94. The zero-order valence-corrected chi connectivity index (χ0v) is 13.8. The van der Waals surface area contributed by atoms with Gasteiger partial charge in [-0.3, -0.25) is 9.89 Å². The van der Waals surface area contributed by atoms with Gasteiger partial charge in [0.25, 0.3) is 5.91 Å². The number of H-pyrrole nitrogens is 1. The predicted octanol–water partition coefficient (Wildman–Crippen LogP) is 2.59. The fourth-order valence-electron chi connectivity index (χ4n) is 2.52. The molecule has 2 aromatic heterocycles. The van der Waals surface area contributed by atoms with Gasteiger partial charge < -0.3 is 10.6 Å². The van der Waals surface area contributed by atoms with Crippen molar-refractivity contribution in [3.05, 3.63) is 47.8 Å². The van der Waals surface area contributed by atoms with Crippen LogP contribution in [-0.4, -0.2) is 41.2 Å². The van der Waals surface area contributed by atoms with E-state index in [1.165, 1.54) is 12.3 Å². The van der Waals surface area contributed by atoms with Crippen LogP contribution in [0.5, 0.6) is 0 Å². The smallest absolute Gasteiger partial charge is 0.351 e. The number of benzene rings is 1. The van der Waals surface area contributed by atoms with Crippen molar-refractivity contribution in [3.63, 3.8) is 0 Å². The van der Waals surface area contributed by atoms with Crippen molar-refractivity contribution in [2.24, 2.45) is 0 Å². The molecule has 0 unspecified atom stereocenters. The molecule has 136 valence electrons. The number of carbonyl (C=O) groups is 1. The molecule has 26 heavy (non-hydrogen) atoms. The van der Waals surface area contributed by atoms with E-state index in [1.807, 2.05) is 5.10 Å². The van der Waals surface area contributed by atoms with Crippen LogP contribution in [0.4, 0.5) is 13.2 Å². The molecule has 0 fully saturated rings. The number of rotatable bonds is 5. The zero-order chi connectivity index (χ0) is 18.7. The summed E-state index contributed by atoms with van der Waals surface area (Å²) in [6.07, 6.45) is -3.12. The number of amides is 1. The third kappa shape index (κ3) is 3.67. The highest BCUT2D eigenvalue weighted by Crippen LogP contribution is 2.34. The number of carbonyl (C=O) groups excluding carboxylic acids is 1. The average Bonchev–Trinajstić information content (AvgIpc) is 3.05. The molecule has 0 aliphatic carbocycles. The van der Waals surface area contributed by atoms with Crippen LogP contribution in [0.25, 0.3) is 22.2 Å². The molecule has 9 heteroatoms. The maximum Gasteiger partial charge on any atom is 0.433 e. The largest absolute Gasteiger partial charge is 0.433 e. The summed E-state index contributed by atoms with van der Waals surface area (Å²) in [6, 6.07) is 8.01. The fraction of sp³-hybridized carbons (Fsp3) is 0.235. The minimum absolute atomic E-state index is 0.0120. The van der Waals surface area contributed by atoms with Gasteiger partial charge in [-0.25, -0.2) is 4.98 Å². The molecule has 0 aliphatic heterocycles. The van der Waals surface area contributed by atoms with Gasteiger partial charge in [0, 0.05) is 30.4 Å². The molecule has 0 radical (unpaired) electrons. The van der Waals surface area contributed by atoms with Gasteiger partial charge >= 0.3 is 6.18 Å². The number of alkyl halides is 3. The molecule has 3 aromatic rings. The fourth-order valence-corrected chi connectivity index (χ4v) is 2.52. The molecule has 0 aliphatic rings. The van der Waals surface area contributed by atoms with Crippen molar-refractivity contribution in [2.75, 3.05) is 20.1 Å². The molecular weight excluding hydrogens is 347 g/mol. The summed E-state index contributed by atoms with van der Waals surface area (Å²) in [7, 11) is 1.78. The van der Waals surface area contributed by atoms with Crippen molar-refractivity contribution < 1.29 is 18.0 Å². The lowest BCUT2D eigenvalue weighted by atomic mass is 10.0. The molecule has 1 aromatic carbocycles. The summed E-state index contributed by atoms with van der Waals surface area (Å²) >= 11 is 0. The van der Waals surface area contributed by atoms with E-state index in [1.54, 1.807) is 31.3 Å². The highest BCUT2D eigenvalue weighted by atomic mass is 19.4. The van der Waals surface area contributed by atoms with Gasteiger partial charge in [0.1, 0.15) is 5.69 Å². The Bertz CT molecular complexity index is 936. The van der Waals surface area contributed by atoms with Crippen LogP contribution in [0.1, 0.15) is 16.1 Å². The number of hydrogen-bond donors (Lipinski definition) is 3. The number of aromatic amines is 1. The lowest BCUT2D eigenvalue weighted by molar-refractivity contribution is -0.139. The van der Waals surface area contributed by atoms with Crippen LogP contribution in [0.3, 0.4) is 0 Å². The first-order valence-electron chi connectivity index (χ1n) is 7.84. The third-order valence-corrected chi connectivity index (χ3v) is 3.81. The summed E-state index contributed by atoms with van der Waals surface area (Å²) in [4.78, 5) is 16.1. The van der Waals surface area contributed by atoms with E-state index in [9.17, 15) is 18.0 Å². The van der Waals surface area contributed by atoms with Crippen LogP contribution in [0, 0.1) is 0 Å². The maximum absolute atomic E-state index is 13.0. The summed E-state index contributed by atoms with van der Waals surface area (Å²) < 4.78 is 39.1. The Morgan fingerprint density at radius 1 is 1.19 bits per heavy atom. The lowest BCUT2D eigenvalue weighted by Crippen LogP contribution is -2.30. The molecule has 2 heterocycles. The van der Waals surface area contributed by atoms with Crippen LogP contribution in [0.15, 0.2) is 36.5 Å². The van der Waals surface area contributed by atoms with Gasteiger partial charge in [0.15, 0.2) is 5.65 Å². The predicted molar refractivity (Wildman–Crippen MR) is 90.6 cm³/mol. The van der Waals surface area contributed by atoms with Gasteiger partial charge in [-0.05, 0) is 30.8 Å². The second-order valence-electron chi connectivity index (χ2n) is 5.63. The summed E-state index contributed by atoms with van der Waals surface area (Å²) in [6.45, 7) is 1.10. The normalized spacial score (nSPS) is 11.7. The van der Waals surface area contributed by atoms with E-state index in [-0.39, 0.29) is 16.9 Å². The van der Waals surface area contributed by atoms with Crippen LogP contribution < -0.4 is 10.6 Å². The second kappa shape index (κ2) is 7.12. The molecule has 0 bridgehead atoms. The molecule has 1 amide bonds. The summed E-state index contributed by atoms with van der Waals surface area (Å²) in [5, 5.41) is 11.1. The van der Waals surface area contributed by atoms with Gasteiger partial charge in [-0.2, -0.15) is 18.3 Å². The minimum atomic E-state index is -4.55. The molecule has 3 N–H and O–H groups in total. The number of aromatic nitrogens is 3. The first-order chi connectivity index (χ1) is 12.4. The van der Waals surface area contributed by atoms with Crippen LogP contribution in [-0.2, 0) is 6.18 Å². The monoisotopic (exact) mass is 363 g/mol. The van der Waals surface area contributed by atoms with E-state index in [0.717, 1.165) is 0 Å². The molecule has 0 atom stereocenters. The third-order valence-electron chi connectivity index (χ3n) is 3.81.